The molecule has 0 radical (unpaired) electrons. The van der Waals surface area contributed by atoms with Crippen LogP contribution in [0.4, 0.5) is 0 Å². The third-order valence-electron chi connectivity index (χ3n) is 2.92. The van der Waals surface area contributed by atoms with Crippen LogP contribution in [0.2, 0.25) is 5.02 Å². The zero-order chi connectivity index (χ0) is 13.2. The van der Waals surface area contributed by atoms with Gasteiger partial charge in [0, 0.05) is 11.6 Å². The van der Waals surface area contributed by atoms with E-state index in [9.17, 15) is 13.5 Å². The van der Waals surface area contributed by atoms with Crippen molar-refractivity contribution in [2.24, 2.45) is 0 Å². The van der Waals surface area contributed by atoms with Gasteiger partial charge in [-0.1, -0.05) is 23.7 Å². The topological polar surface area (TPSA) is 66.4 Å². The van der Waals surface area contributed by atoms with E-state index in [0.717, 1.165) is 12.8 Å². The fraction of sp³-hybridized carbons (Fsp3) is 0.500. The number of hydrogen-bond acceptors (Lipinski definition) is 3. The first kappa shape index (κ1) is 13.8. The summed E-state index contributed by atoms with van der Waals surface area (Å²) in [4.78, 5) is 0. The van der Waals surface area contributed by atoms with E-state index in [0.29, 0.717) is 17.0 Å². The van der Waals surface area contributed by atoms with Gasteiger partial charge in [-0.05, 0) is 37.0 Å². The maximum absolute atomic E-state index is 11.6. The van der Waals surface area contributed by atoms with Gasteiger partial charge in [0.1, 0.15) is 0 Å². The van der Waals surface area contributed by atoms with E-state index in [-0.39, 0.29) is 11.8 Å². The van der Waals surface area contributed by atoms with Crippen molar-refractivity contribution in [1.82, 2.24) is 4.72 Å². The summed E-state index contributed by atoms with van der Waals surface area (Å²) in [6, 6.07) is 6.94. The first-order chi connectivity index (χ1) is 8.49. The molecule has 0 bridgehead atoms. The molecular weight excluding hydrogens is 274 g/mol. The number of nitrogens with one attached hydrogen (secondary N) is 1. The number of halogens is 1. The van der Waals surface area contributed by atoms with Gasteiger partial charge in [0.15, 0.2) is 0 Å². The number of rotatable bonds is 6. The van der Waals surface area contributed by atoms with Crippen molar-refractivity contribution >= 4 is 21.6 Å². The minimum atomic E-state index is -3.16. The summed E-state index contributed by atoms with van der Waals surface area (Å²) in [6.45, 7) is 0.243. The Morgan fingerprint density at radius 2 is 2.17 bits per heavy atom. The zero-order valence-corrected chi connectivity index (χ0v) is 11.4. The van der Waals surface area contributed by atoms with E-state index in [2.05, 4.69) is 4.72 Å². The maximum atomic E-state index is 11.6. The Morgan fingerprint density at radius 1 is 1.44 bits per heavy atom. The molecule has 1 aromatic rings. The molecule has 6 heteroatoms. The van der Waals surface area contributed by atoms with Crippen molar-refractivity contribution in [3.63, 3.8) is 0 Å². The molecule has 2 rings (SSSR count). The van der Waals surface area contributed by atoms with Crippen LogP contribution in [0.15, 0.2) is 24.3 Å². The molecule has 0 unspecified atom stereocenters. The smallest absolute Gasteiger partial charge is 0.214 e. The number of aliphatic hydroxyl groups excluding tert-OH is 1. The molecular formula is C12H16ClNO3S. The molecule has 1 saturated carbocycles. The summed E-state index contributed by atoms with van der Waals surface area (Å²) in [5, 5.41) is 10.2. The summed E-state index contributed by atoms with van der Waals surface area (Å²) in [6.07, 6.45) is 1.12. The highest BCUT2D eigenvalue weighted by Crippen LogP contribution is 2.27. The van der Waals surface area contributed by atoms with Crippen LogP contribution >= 0.6 is 11.6 Å². The lowest BCUT2D eigenvalue weighted by Crippen LogP contribution is -2.29. The second kappa shape index (κ2) is 5.57. The van der Waals surface area contributed by atoms with Crippen molar-refractivity contribution in [2.45, 2.75) is 30.6 Å². The first-order valence-electron chi connectivity index (χ1n) is 5.91. The van der Waals surface area contributed by atoms with E-state index >= 15 is 0 Å². The van der Waals surface area contributed by atoms with Crippen molar-refractivity contribution in [2.75, 3.05) is 6.54 Å². The predicted molar refractivity (Wildman–Crippen MR) is 71.0 cm³/mol. The third-order valence-corrected chi connectivity index (χ3v) is 5.11. The summed E-state index contributed by atoms with van der Waals surface area (Å²) < 4.78 is 25.6. The minimum Gasteiger partial charge on any atom is -0.388 e. The highest BCUT2D eigenvalue weighted by atomic mass is 35.5. The monoisotopic (exact) mass is 289 g/mol. The largest absolute Gasteiger partial charge is 0.388 e. The average Bonchev–Trinajstić information content (AvgIpc) is 3.12. The highest BCUT2D eigenvalue weighted by molar-refractivity contribution is 7.90. The minimum absolute atomic E-state index is 0.221. The highest BCUT2D eigenvalue weighted by Gasteiger charge is 2.35. The molecule has 0 aliphatic heterocycles. The van der Waals surface area contributed by atoms with Crippen molar-refractivity contribution in [3.8, 4) is 0 Å². The van der Waals surface area contributed by atoms with Crippen LogP contribution < -0.4 is 4.72 Å². The van der Waals surface area contributed by atoms with Gasteiger partial charge in [-0.15, -0.1) is 0 Å². The quantitative estimate of drug-likeness (QED) is 0.840. The van der Waals surface area contributed by atoms with Gasteiger partial charge in [-0.25, -0.2) is 13.1 Å². The number of aliphatic hydroxyl groups is 1. The SMILES string of the molecule is O=S(=O)(NCC[C@H](O)c1cccc(Cl)c1)C1CC1. The molecule has 1 aliphatic carbocycles. The molecule has 0 amide bonds. The van der Waals surface area contributed by atoms with Gasteiger partial charge < -0.3 is 5.11 Å². The average molecular weight is 290 g/mol. The Balaban J connectivity index is 1.83. The Hall–Kier alpha value is -0.620. The van der Waals surface area contributed by atoms with E-state index in [1.165, 1.54) is 0 Å². The number of sulfonamides is 1. The fourth-order valence-electron chi connectivity index (χ4n) is 1.71. The van der Waals surface area contributed by atoms with E-state index in [1.807, 2.05) is 0 Å². The fourth-order valence-corrected chi connectivity index (χ4v) is 3.31. The van der Waals surface area contributed by atoms with Crippen LogP contribution in [0, 0.1) is 0 Å². The molecule has 4 nitrogen and oxygen atoms in total. The maximum Gasteiger partial charge on any atom is 0.214 e. The van der Waals surface area contributed by atoms with Crippen LogP contribution in [-0.4, -0.2) is 25.3 Å². The van der Waals surface area contributed by atoms with Crippen LogP contribution in [0.3, 0.4) is 0 Å². The molecule has 1 atom stereocenters. The van der Waals surface area contributed by atoms with E-state index < -0.39 is 16.1 Å². The summed E-state index contributed by atoms with van der Waals surface area (Å²) in [7, 11) is -3.16. The van der Waals surface area contributed by atoms with Crippen LogP contribution in [0.1, 0.15) is 30.9 Å². The van der Waals surface area contributed by atoms with Crippen LogP contribution in [-0.2, 0) is 10.0 Å². The summed E-state index contributed by atoms with van der Waals surface area (Å²) in [5.41, 5.74) is 0.702. The second-order valence-electron chi connectivity index (χ2n) is 4.50. The van der Waals surface area contributed by atoms with Gasteiger partial charge in [0.2, 0.25) is 10.0 Å². The Labute approximate surface area is 112 Å². The lowest BCUT2D eigenvalue weighted by molar-refractivity contribution is 0.169. The zero-order valence-electron chi connectivity index (χ0n) is 9.84. The molecule has 100 valence electrons. The second-order valence-corrected chi connectivity index (χ2v) is 6.98. The van der Waals surface area contributed by atoms with E-state index in [4.69, 9.17) is 11.6 Å². The molecule has 0 saturated heterocycles. The summed E-state index contributed by atoms with van der Waals surface area (Å²) in [5.74, 6) is 0. The van der Waals surface area contributed by atoms with Gasteiger partial charge in [0.05, 0.1) is 11.4 Å². The number of benzene rings is 1. The molecule has 1 aromatic carbocycles. The molecule has 18 heavy (non-hydrogen) atoms. The van der Waals surface area contributed by atoms with Gasteiger partial charge in [-0.3, -0.25) is 0 Å². The molecule has 1 fully saturated rings. The van der Waals surface area contributed by atoms with Gasteiger partial charge in [0.25, 0.3) is 0 Å². The molecule has 2 N–H and O–H groups in total. The summed E-state index contributed by atoms with van der Waals surface area (Å²) >= 11 is 5.82. The molecule has 0 heterocycles. The predicted octanol–water partition coefficient (Wildman–Crippen LogP) is 1.85. The van der Waals surface area contributed by atoms with Crippen LogP contribution in [0.5, 0.6) is 0 Å². The van der Waals surface area contributed by atoms with Gasteiger partial charge >= 0.3 is 0 Å². The van der Waals surface area contributed by atoms with Crippen LogP contribution in [0.25, 0.3) is 0 Å². The Bertz CT molecular complexity index is 514. The molecule has 1 aliphatic rings. The van der Waals surface area contributed by atoms with E-state index in [1.54, 1.807) is 24.3 Å². The Kier molecular flexibility index (Phi) is 4.27. The van der Waals surface area contributed by atoms with Crippen molar-refractivity contribution in [1.29, 1.82) is 0 Å². The van der Waals surface area contributed by atoms with Crippen molar-refractivity contribution < 1.29 is 13.5 Å². The normalized spacial score (nSPS) is 17.7. The Morgan fingerprint density at radius 3 is 2.78 bits per heavy atom. The molecule has 0 spiro atoms. The van der Waals surface area contributed by atoms with Crippen molar-refractivity contribution in [3.05, 3.63) is 34.9 Å². The third kappa shape index (κ3) is 3.68. The first-order valence-corrected chi connectivity index (χ1v) is 7.83. The number of hydrogen-bond donors (Lipinski definition) is 2. The lowest BCUT2D eigenvalue weighted by Gasteiger charge is -2.12. The standard InChI is InChI=1S/C12H16ClNO3S/c13-10-3-1-2-9(8-10)12(15)6-7-14-18(16,17)11-4-5-11/h1-3,8,11-12,14-15H,4-7H2/t12-/m0/s1. The van der Waals surface area contributed by atoms with Gasteiger partial charge in [-0.2, -0.15) is 0 Å². The molecule has 0 aromatic heterocycles. The lowest BCUT2D eigenvalue weighted by atomic mass is 10.1.